The highest BCUT2D eigenvalue weighted by atomic mass is 32.2. The lowest BCUT2D eigenvalue weighted by atomic mass is 10.2. The van der Waals surface area contributed by atoms with E-state index in [0.717, 1.165) is 0 Å². The van der Waals surface area contributed by atoms with Crippen LogP contribution in [0.15, 0.2) is 53.4 Å². The van der Waals surface area contributed by atoms with Crippen LogP contribution in [0.5, 0.6) is 5.75 Å². The van der Waals surface area contributed by atoms with Crippen LogP contribution in [0.4, 0.5) is 5.69 Å². The molecule has 0 unspecified atom stereocenters. The molecule has 6 nitrogen and oxygen atoms in total. The molecule has 2 aromatic rings. The second-order valence-corrected chi connectivity index (χ2v) is 6.79. The molecule has 0 saturated heterocycles. The summed E-state index contributed by atoms with van der Waals surface area (Å²) in [5.41, 5.74) is 0.755. The van der Waals surface area contributed by atoms with E-state index in [9.17, 15) is 13.8 Å². The lowest BCUT2D eigenvalue weighted by Gasteiger charge is -2.15. The smallest absolute Gasteiger partial charge is 0.340 e. The SMILES string of the molecule is CCOc1ccc(NC(=O)[C@@H](C)OC(=O)c2ccccc2[S@](C)=O)cc1. The minimum absolute atomic E-state index is 0.189. The van der Waals surface area contributed by atoms with Gasteiger partial charge in [-0.05, 0) is 50.2 Å². The summed E-state index contributed by atoms with van der Waals surface area (Å²) in [6.45, 7) is 3.92. The predicted octanol–water partition coefficient (Wildman–Crippen LogP) is 3.01. The minimum Gasteiger partial charge on any atom is -0.494 e. The van der Waals surface area contributed by atoms with Crippen molar-refractivity contribution in [2.45, 2.75) is 24.8 Å². The lowest BCUT2D eigenvalue weighted by molar-refractivity contribution is -0.123. The quantitative estimate of drug-likeness (QED) is 0.753. The number of carbonyl (C=O) groups is 2. The average molecular weight is 375 g/mol. The van der Waals surface area contributed by atoms with E-state index in [1.807, 2.05) is 6.92 Å². The summed E-state index contributed by atoms with van der Waals surface area (Å²) in [6.07, 6.45) is 0.473. The van der Waals surface area contributed by atoms with Crippen molar-refractivity contribution < 1.29 is 23.3 Å². The third-order valence-electron chi connectivity index (χ3n) is 3.50. The molecule has 7 heteroatoms. The maximum Gasteiger partial charge on any atom is 0.340 e. The fourth-order valence-electron chi connectivity index (χ4n) is 2.21. The zero-order chi connectivity index (χ0) is 19.1. The number of amides is 1. The summed E-state index contributed by atoms with van der Waals surface area (Å²) in [6, 6.07) is 13.3. The molecule has 0 aliphatic rings. The molecule has 138 valence electrons. The van der Waals surface area contributed by atoms with Crippen molar-refractivity contribution in [2.75, 3.05) is 18.2 Å². The monoisotopic (exact) mass is 375 g/mol. The van der Waals surface area contributed by atoms with Crippen LogP contribution < -0.4 is 10.1 Å². The van der Waals surface area contributed by atoms with Gasteiger partial charge >= 0.3 is 5.97 Å². The van der Waals surface area contributed by atoms with Gasteiger partial charge in [0.1, 0.15) is 5.75 Å². The standard InChI is InChI=1S/C19H21NO5S/c1-4-24-15-11-9-14(10-12-15)20-18(21)13(2)25-19(22)16-7-5-6-8-17(16)26(3)23/h5-13H,4H2,1-3H3,(H,20,21)/t13-,26+/m1/s1. The van der Waals surface area contributed by atoms with Gasteiger partial charge in [0.15, 0.2) is 6.10 Å². The maximum absolute atomic E-state index is 12.3. The molecule has 0 bridgehead atoms. The van der Waals surface area contributed by atoms with E-state index in [0.29, 0.717) is 22.9 Å². The van der Waals surface area contributed by atoms with Crippen LogP contribution in [0, 0.1) is 0 Å². The molecule has 0 aromatic heterocycles. The number of anilines is 1. The summed E-state index contributed by atoms with van der Waals surface area (Å²) < 4.78 is 22.3. The Morgan fingerprint density at radius 3 is 2.38 bits per heavy atom. The molecular formula is C19H21NO5S. The zero-order valence-electron chi connectivity index (χ0n) is 14.9. The second-order valence-electron chi connectivity index (χ2n) is 5.44. The first-order valence-electron chi connectivity index (χ1n) is 8.09. The second kappa shape index (κ2) is 9.15. The molecule has 0 spiro atoms. The van der Waals surface area contributed by atoms with Gasteiger partial charge in [0.2, 0.25) is 0 Å². The highest BCUT2D eigenvalue weighted by molar-refractivity contribution is 7.84. The number of hydrogen-bond acceptors (Lipinski definition) is 5. The fourth-order valence-corrected chi connectivity index (χ4v) is 2.94. The van der Waals surface area contributed by atoms with Crippen LogP contribution in [0.1, 0.15) is 24.2 Å². The molecule has 0 heterocycles. The Morgan fingerprint density at radius 1 is 1.12 bits per heavy atom. The van der Waals surface area contributed by atoms with Crippen LogP contribution in [-0.2, 0) is 20.3 Å². The average Bonchev–Trinajstić information content (AvgIpc) is 2.63. The number of nitrogens with one attached hydrogen (secondary N) is 1. The van der Waals surface area contributed by atoms with Crippen molar-refractivity contribution in [3.8, 4) is 5.75 Å². The topological polar surface area (TPSA) is 81.7 Å². The van der Waals surface area contributed by atoms with Gasteiger partial charge in [0.25, 0.3) is 5.91 Å². The van der Waals surface area contributed by atoms with E-state index in [1.165, 1.54) is 19.2 Å². The van der Waals surface area contributed by atoms with E-state index in [4.69, 9.17) is 9.47 Å². The molecule has 0 fully saturated rings. The number of carbonyl (C=O) groups excluding carboxylic acids is 2. The summed E-state index contributed by atoms with van der Waals surface area (Å²) in [5, 5.41) is 2.67. The van der Waals surface area contributed by atoms with Crippen LogP contribution in [0.3, 0.4) is 0 Å². The van der Waals surface area contributed by atoms with Gasteiger partial charge in [-0.1, -0.05) is 12.1 Å². The van der Waals surface area contributed by atoms with Crippen molar-refractivity contribution in [3.05, 3.63) is 54.1 Å². The largest absolute Gasteiger partial charge is 0.494 e. The molecule has 26 heavy (non-hydrogen) atoms. The molecule has 0 aliphatic carbocycles. The maximum atomic E-state index is 12.3. The lowest BCUT2D eigenvalue weighted by Crippen LogP contribution is -2.30. The van der Waals surface area contributed by atoms with E-state index < -0.39 is 28.8 Å². The highest BCUT2D eigenvalue weighted by Crippen LogP contribution is 2.17. The summed E-state index contributed by atoms with van der Waals surface area (Å²) in [5.74, 6) is -0.447. The summed E-state index contributed by atoms with van der Waals surface area (Å²) in [7, 11) is -1.34. The van der Waals surface area contributed by atoms with Gasteiger partial charge in [0.05, 0.1) is 27.9 Å². The molecule has 1 amide bonds. The van der Waals surface area contributed by atoms with E-state index >= 15 is 0 Å². The molecular weight excluding hydrogens is 354 g/mol. The first kappa shape index (κ1) is 19.7. The van der Waals surface area contributed by atoms with Crippen molar-refractivity contribution in [1.82, 2.24) is 0 Å². The number of benzene rings is 2. The number of ether oxygens (including phenoxy) is 2. The van der Waals surface area contributed by atoms with E-state index in [2.05, 4.69) is 5.32 Å². The number of hydrogen-bond donors (Lipinski definition) is 1. The van der Waals surface area contributed by atoms with Crippen LogP contribution >= 0.6 is 0 Å². The fraction of sp³-hybridized carbons (Fsp3) is 0.263. The van der Waals surface area contributed by atoms with Gasteiger partial charge in [-0.15, -0.1) is 0 Å². The molecule has 1 N–H and O–H groups in total. The Bertz CT molecular complexity index is 804. The minimum atomic E-state index is -1.34. The third-order valence-corrected chi connectivity index (χ3v) is 4.48. The zero-order valence-corrected chi connectivity index (χ0v) is 15.7. The Labute approximate surface area is 155 Å². The summed E-state index contributed by atoms with van der Waals surface area (Å²) >= 11 is 0. The van der Waals surface area contributed by atoms with E-state index in [-0.39, 0.29) is 5.56 Å². The van der Waals surface area contributed by atoms with Crippen LogP contribution in [0.2, 0.25) is 0 Å². The first-order valence-corrected chi connectivity index (χ1v) is 9.65. The van der Waals surface area contributed by atoms with Gasteiger partial charge < -0.3 is 14.8 Å². The Morgan fingerprint density at radius 2 is 1.77 bits per heavy atom. The highest BCUT2D eigenvalue weighted by Gasteiger charge is 2.21. The van der Waals surface area contributed by atoms with Crippen molar-refractivity contribution in [3.63, 3.8) is 0 Å². The Balaban J connectivity index is 2.00. The van der Waals surface area contributed by atoms with Gasteiger partial charge in [-0.3, -0.25) is 9.00 Å². The predicted molar refractivity (Wildman–Crippen MR) is 99.9 cm³/mol. The first-order chi connectivity index (χ1) is 12.4. The third kappa shape index (κ3) is 5.16. The van der Waals surface area contributed by atoms with Crippen molar-refractivity contribution in [2.24, 2.45) is 0 Å². The van der Waals surface area contributed by atoms with E-state index in [1.54, 1.807) is 42.5 Å². The molecule has 2 aromatic carbocycles. The molecule has 0 saturated carbocycles. The number of rotatable bonds is 7. The molecule has 0 aliphatic heterocycles. The van der Waals surface area contributed by atoms with Crippen LogP contribution in [-0.4, -0.2) is 35.1 Å². The van der Waals surface area contributed by atoms with Crippen LogP contribution in [0.25, 0.3) is 0 Å². The van der Waals surface area contributed by atoms with Crippen molar-refractivity contribution >= 4 is 28.4 Å². The normalized spacial score (nSPS) is 12.7. The van der Waals surface area contributed by atoms with Gasteiger partial charge in [-0.25, -0.2) is 4.79 Å². The van der Waals surface area contributed by atoms with Gasteiger partial charge in [0, 0.05) is 11.9 Å². The molecule has 0 radical (unpaired) electrons. The summed E-state index contributed by atoms with van der Waals surface area (Å²) in [4.78, 5) is 24.9. The van der Waals surface area contributed by atoms with Crippen molar-refractivity contribution in [1.29, 1.82) is 0 Å². The van der Waals surface area contributed by atoms with Gasteiger partial charge in [-0.2, -0.15) is 0 Å². The Hall–Kier alpha value is -2.67. The molecule has 2 rings (SSSR count). The Kier molecular flexibility index (Phi) is 6.91. The molecule has 2 atom stereocenters. The number of esters is 1.